The minimum absolute atomic E-state index is 0.126. The lowest BCUT2D eigenvalue weighted by molar-refractivity contribution is 0.240. The van der Waals surface area contributed by atoms with Crippen molar-refractivity contribution in [1.82, 2.24) is 5.01 Å². The van der Waals surface area contributed by atoms with Crippen molar-refractivity contribution in [2.45, 2.75) is 19.3 Å². The molecule has 1 fully saturated rings. The molecule has 98 valence electrons. The van der Waals surface area contributed by atoms with Crippen LogP contribution in [0.15, 0.2) is 21.7 Å². The number of phenolic OH excluding ortho intramolecular Hbond substituents is 1. The number of phenols is 1. The third-order valence-electron chi connectivity index (χ3n) is 2.99. The largest absolute Gasteiger partial charge is 0.504 e. The Bertz CT molecular complexity index is 443. The summed E-state index contributed by atoms with van der Waals surface area (Å²) in [5, 5.41) is 16.2. The first-order valence-corrected chi connectivity index (χ1v) is 6.85. The molecule has 2 rings (SSSR count). The molecule has 5 heteroatoms. The van der Waals surface area contributed by atoms with Gasteiger partial charge in [-0.15, -0.1) is 0 Å². The maximum atomic E-state index is 9.73. The number of hydrogen-bond acceptors (Lipinski definition) is 4. The Morgan fingerprint density at radius 3 is 2.72 bits per heavy atom. The summed E-state index contributed by atoms with van der Waals surface area (Å²) < 4.78 is 5.90. The molecule has 18 heavy (non-hydrogen) atoms. The number of rotatable bonds is 3. The lowest BCUT2D eigenvalue weighted by Gasteiger charge is -2.23. The first-order chi connectivity index (χ1) is 8.70. The summed E-state index contributed by atoms with van der Waals surface area (Å²) in [5.41, 5.74) is 0.846. The van der Waals surface area contributed by atoms with Gasteiger partial charge in [-0.1, -0.05) is 0 Å². The van der Waals surface area contributed by atoms with Crippen LogP contribution in [-0.2, 0) is 0 Å². The van der Waals surface area contributed by atoms with Crippen molar-refractivity contribution in [3.63, 3.8) is 0 Å². The van der Waals surface area contributed by atoms with Crippen LogP contribution in [0.5, 0.6) is 11.5 Å². The molecule has 1 aliphatic rings. The van der Waals surface area contributed by atoms with Crippen LogP contribution in [0.4, 0.5) is 0 Å². The first-order valence-electron chi connectivity index (χ1n) is 6.06. The van der Waals surface area contributed by atoms with Crippen LogP contribution in [0.25, 0.3) is 0 Å². The van der Waals surface area contributed by atoms with Crippen molar-refractivity contribution >= 4 is 22.1 Å². The lowest BCUT2D eigenvalue weighted by atomic mass is 10.2. The predicted molar refractivity (Wildman–Crippen MR) is 75.4 cm³/mol. The highest BCUT2D eigenvalue weighted by atomic mass is 79.9. The normalized spacial score (nSPS) is 16.2. The standard InChI is InChI=1S/C13H17BrN2O2/c1-18-13-8-11(14)10(7-12(13)17)9-15-16-5-3-2-4-6-16/h7-9,17H,2-6H2,1H3/b15-9-. The molecule has 0 bridgehead atoms. The zero-order valence-electron chi connectivity index (χ0n) is 10.4. The van der Waals surface area contributed by atoms with E-state index in [1.807, 2.05) is 0 Å². The average molecular weight is 313 g/mol. The van der Waals surface area contributed by atoms with Crippen LogP contribution in [0, 0.1) is 0 Å². The fraction of sp³-hybridized carbons (Fsp3) is 0.462. The average Bonchev–Trinajstić information content (AvgIpc) is 2.40. The number of methoxy groups -OCH3 is 1. The number of hydrogen-bond donors (Lipinski definition) is 1. The highest BCUT2D eigenvalue weighted by Gasteiger charge is 2.09. The van der Waals surface area contributed by atoms with Crippen LogP contribution < -0.4 is 4.74 Å². The topological polar surface area (TPSA) is 45.1 Å². The van der Waals surface area contributed by atoms with E-state index in [0.717, 1.165) is 23.1 Å². The van der Waals surface area contributed by atoms with Crippen molar-refractivity contribution in [3.05, 3.63) is 22.2 Å². The van der Waals surface area contributed by atoms with E-state index in [-0.39, 0.29) is 5.75 Å². The maximum Gasteiger partial charge on any atom is 0.161 e. The molecule has 1 N–H and O–H groups in total. The smallest absolute Gasteiger partial charge is 0.161 e. The van der Waals surface area contributed by atoms with Gasteiger partial charge in [0.15, 0.2) is 11.5 Å². The Morgan fingerprint density at radius 1 is 1.33 bits per heavy atom. The van der Waals surface area contributed by atoms with Gasteiger partial charge in [-0.05, 0) is 47.3 Å². The van der Waals surface area contributed by atoms with E-state index >= 15 is 0 Å². The van der Waals surface area contributed by atoms with Crippen molar-refractivity contribution in [2.24, 2.45) is 5.10 Å². The summed E-state index contributed by atoms with van der Waals surface area (Å²) in [5.74, 6) is 0.581. The lowest BCUT2D eigenvalue weighted by Crippen LogP contribution is -2.24. The predicted octanol–water partition coefficient (Wildman–Crippen LogP) is 2.98. The van der Waals surface area contributed by atoms with E-state index in [1.54, 1.807) is 18.3 Å². The van der Waals surface area contributed by atoms with Gasteiger partial charge in [0.1, 0.15) is 0 Å². The Kier molecular flexibility index (Phi) is 4.47. The third-order valence-corrected chi connectivity index (χ3v) is 3.68. The molecular weight excluding hydrogens is 296 g/mol. The molecule has 0 saturated carbocycles. The van der Waals surface area contributed by atoms with Gasteiger partial charge < -0.3 is 9.84 Å². The van der Waals surface area contributed by atoms with Gasteiger partial charge in [-0.25, -0.2) is 0 Å². The molecule has 0 unspecified atom stereocenters. The molecule has 1 saturated heterocycles. The molecule has 0 aliphatic carbocycles. The number of ether oxygens (including phenoxy) is 1. The number of benzene rings is 1. The Hall–Kier alpha value is -1.23. The van der Waals surface area contributed by atoms with Gasteiger partial charge in [-0.2, -0.15) is 5.10 Å². The molecule has 1 aromatic carbocycles. The second-order valence-corrected chi connectivity index (χ2v) is 5.16. The van der Waals surface area contributed by atoms with E-state index in [2.05, 4.69) is 26.0 Å². The van der Waals surface area contributed by atoms with Crippen molar-refractivity contribution in [1.29, 1.82) is 0 Å². The summed E-state index contributed by atoms with van der Waals surface area (Å²) in [6.45, 7) is 2.02. The molecule has 0 radical (unpaired) electrons. The van der Waals surface area contributed by atoms with Gasteiger partial charge in [0.2, 0.25) is 0 Å². The minimum Gasteiger partial charge on any atom is -0.504 e. The molecule has 0 amide bonds. The fourth-order valence-corrected chi connectivity index (χ4v) is 2.38. The maximum absolute atomic E-state index is 9.73. The highest BCUT2D eigenvalue weighted by Crippen LogP contribution is 2.31. The van der Waals surface area contributed by atoms with Gasteiger partial charge in [-0.3, -0.25) is 5.01 Å². The second-order valence-electron chi connectivity index (χ2n) is 4.30. The second kappa shape index (κ2) is 6.09. The van der Waals surface area contributed by atoms with Crippen LogP contribution in [0.1, 0.15) is 24.8 Å². The van der Waals surface area contributed by atoms with Crippen molar-refractivity contribution in [3.8, 4) is 11.5 Å². The zero-order chi connectivity index (χ0) is 13.0. The summed E-state index contributed by atoms with van der Waals surface area (Å²) in [4.78, 5) is 0. The quantitative estimate of drug-likeness (QED) is 0.873. The van der Waals surface area contributed by atoms with Crippen LogP contribution in [0.2, 0.25) is 0 Å². The molecule has 4 nitrogen and oxygen atoms in total. The van der Waals surface area contributed by atoms with E-state index in [1.165, 1.54) is 26.4 Å². The molecule has 0 spiro atoms. The Labute approximate surface area is 115 Å². The zero-order valence-corrected chi connectivity index (χ0v) is 12.0. The monoisotopic (exact) mass is 312 g/mol. The molecule has 0 aromatic heterocycles. The van der Waals surface area contributed by atoms with Crippen LogP contribution >= 0.6 is 15.9 Å². The fourth-order valence-electron chi connectivity index (χ4n) is 1.96. The highest BCUT2D eigenvalue weighted by molar-refractivity contribution is 9.10. The number of aromatic hydroxyl groups is 1. The molecule has 1 heterocycles. The molecule has 1 aromatic rings. The van der Waals surface area contributed by atoms with E-state index in [9.17, 15) is 5.11 Å². The van der Waals surface area contributed by atoms with E-state index < -0.39 is 0 Å². The van der Waals surface area contributed by atoms with Gasteiger partial charge in [0, 0.05) is 23.1 Å². The Balaban J connectivity index is 2.13. The SMILES string of the molecule is COc1cc(Br)c(/C=N\N2CCCCC2)cc1O. The van der Waals surface area contributed by atoms with Crippen LogP contribution in [0.3, 0.4) is 0 Å². The number of halogens is 1. The molecule has 1 aliphatic heterocycles. The number of hydrazone groups is 1. The van der Waals surface area contributed by atoms with E-state index in [0.29, 0.717) is 5.75 Å². The Morgan fingerprint density at radius 2 is 2.06 bits per heavy atom. The molecule has 0 atom stereocenters. The van der Waals surface area contributed by atoms with Gasteiger partial charge in [0.05, 0.1) is 13.3 Å². The number of piperidine rings is 1. The van der Waals surface area contributed by atoms with E-state index in [4.69, 9.17) is 4.74 Å². The van der Waals surface area contributed by atoms with Crippen molar-refractivity contribution < 1.29 is 9.84 Å². The van der Waals surface area contributed by atoms with Crippen molar-refractivity contribution in [2.75, 3.05) is 20.2 Å². The van der Waals surface area contributed by atoms with Gasteiger partial charge in [0.25, 0.3) is 0 Å². The first kappa shape index (κ1) is 13.2. The van der Waals surface area contributed by atoms with Gasteiger partial charge >= 0.3 is 0 Å². The third kappa shape index (κ3) is 3.16. The summed E-state index contributed by atoms with van der Waals surface area (Å²) in [7, 11) is 1.53. The summed E-state index contributed by atoms with van der Waals surface area (Å²) in [6, 6.07) is 3.39. The molecular formula is C13H17BrN2O2. The minimum atomic E-state index is 0.126. The summed E-state index contributed by atoms with van der Waals surface area (Å²) >= 11 is 3.45. The van der Waals surface area contributed by atoms with Crippen LogP contribution in [-0.4, -0.2) is 36.5 Å². The number of nitrogens with zero attached hydrogens (tertiary/aromatic N) is 2. The summed E-state index contributed by atoms with van der Waals surface area (Å²) in [6.07, 6.45) is 5.46.